The lowest BCUT2D eigenvalue weighted by Gasteiger charge is -2.20. The number of rotatable bonds is 3. The van der Waals surface area contributed by atoms with E-state index in [-0.39, 0.29) is 12.5 Å². The molecule has 5 heteroatoms. The predicted octanol–water partition coefficient (Wildman–Crippen LogP) is 3.36. The number of carbonyl (C=O) groups excluding carboxylic acids is 1. The maximum absolute atomic E-state index is 11.4. The number of fused-ring (bicyclic) bond motifs is 1. The van der Waals surface area contributed by atoms with Gasteiger partial charge in [0.2, 0.25) is 0 Å². The van der Waals surface area contributed by atoms with Gasteiger partial charge >= 0.3 is 0 Å². The van der Waals surface area contributed by atoms with Crippen molar-refractivity contribution in [2.45, 2.75) is 6.61 Å². The molecule has 0 saturated carbocycles. The van der Waals surface area contributed by atoms with Gasteiger partial charge in [0.15, 0.2) is 6.61 Å². The van der Waals surface area contributed by atoms with Crippen LogP contribution in [0, 0.1) is 0 Å². The Morgan fingerprint density at radius 3 is 2.90 bits per heavy atom. The average molecular weight is 334 g/mol. The Labute approximate surface area is 124 Å². The summed E-state index contributed by atoms with van der Waals surface area (Å²) in [5, 5.41) is 2.78. The molecule has 1 amide bonds. The normalized spacial score (nSPS) is 13.2. The number of anilines is 1. The molecule has 20 heavy (non-hydrogen) atoms. The first kappa shape index (κ1) is 13.0. The Kier molecular flexibility index (Phi) is 3.60. The van der Waals surface area contributed by atoms with Crippen LogP contribution in [-0.4, -0.2) is 12.5 Å². The summed E-state index contributed by atoms with van der Waals surface area (Å²) < 4.78 is 12.1. The van der Waals surface area contributed by atoms with Gasteiger partial charge in [-0.15, -0.1) is 0 Å². The lowest BCUT2D eigenvalue weighted by atomic mass is 10.2. The molecule has 1 N–H and O–H groups in total. The van der Waals surface area contributed by atoms with Crippen molar-refractivity contribution in [3.05, 3.63) is 52.5 Å². The van der Waals surface area contributed by atoms with Gasteiger partial charge in [0.05, 0.1) is 0 Å². The van der Waals surface area contributed by atoms with E-state index < -0.39 is 0 Å². The van der Waals surface area contributed by atoms with Gasteiger partial charge in [0.25, 0.3) is 5.91 Å². The Hall–Kier alpha value is -2.01. The first-order valence-electron chi connectivity index (χ1n) is 6.16. The number of hydrogen-bond donors (Lipinski definition) is 1. The second-order valence-corrected chi connectivity index (χ2v) is 5.20. The smallest absolute Gasteiger partial charge is 0.262 e. The highest BCUT2D eigenvalue weighted by Gasteiger charge is 2.19. The fourth-order valence-corrected chi connectivity index (χ4v) is 2.36. The molecule has 0 saturated heterocycles. The lowest BCUT2D eigenvalue weighted by Crippen LogP contribution is -2.25. The molecule has 2 aromatic rings. The van der Waals surface area contributed by atoms with Crippen molar-refractivity contribution in [2.75, 3.05) is 11.9 Å². The van der Waals surface area contributed by atoms with Crippen molar-refractivity contribution in [3.63, 3.8) is 0 Å². The second-order valence-electron chi connectivity index (χ2n) is 4.35. The molecule has 4 nitrogen and oxygen atoms in total. The van der Waals surface area contributed by atoms with Gasteiger partial charge in [0, 0.05) is 10.0 Å². The fourth-order valence-electron chi connectivity index (χ4n) is 1.96. The molecule has 1 heterocycles. The molecule has 0 atom stereocenters. The van der Waals surface area contributed by atoms with Crippen molar-refractivity contribution in [2.24, 2.45) is 0 Å². The van der Waals surface area contributed by atoms with Crippen LogP contribution in [-0.2, 0) is 11.4 Å². The molecule has 0 aromatic heterocycles. The Morgan fingerprint density at radius 2 is 2.05 bits per heavy atom. The van der Waals surface area contributed by atoms with Crippen molar-refractivity contribution < 1.29 is 14.3 Å². The highest BCUT2D eigenvalue weighted by atomic mass is 79.9. The number of nitrogens with one attached hydrogen (secondary N) is 1. The van der Waals surface area contributed by atoms with Gasteiger partial charge in [-0.05, 0) is 18.2 Å². The summed E-state index contributed by atoms with van der Waals surface area (Å²) in [5.74, 6) is 1.06. The summed E-state index contributed by atoms with van der Waals surface area (Å²) in [4.78, 5) is 11.4. The monoisotopic (exact) mass is 333 g/mol. The van der Waals surface area contributed by atoms with Crippen molar-refractivity contribution in [1.29, 1.82) is 0 Å². The molecule has 2 aromatic carbocycles. The third kappa shape index (κ3) is 2.63. The highest BCUT2D eigenvalue weighted by molar-refractivity contribution is 9.10. The average Bonchev–Trinajstić information content (AvgIpc) is 2.46. The maximum Gasteiger partial charge on any atom is 0.262 e. The molecule has 0 fully saturated rings. The minimum Gasteiger partial charge on any atom is -0.487 e. The van der Waals surface area contributed by atoms with Crippen LogP contribution >= 0.6 is 15.9 Å². The zero-order valence-corrected chi connectivity index (χ0v) is 12.1. The SMILES string of the molecule is O=C1COc2cccc(OCc3ccccc3Br)c2N1. The summed E-state index contributed by atoms with van der Waals surface area (Å²) in [6.45, 7) is 0.453. The maximum atomic E-state index is 11.4. The van der Waals surface area contributed by atoms with Crippen molar-refractivity contribution in [3.8, 4) is 11.5 Å². The number of carbonyl (C=O) groups is 1. The number of hydrogen-bond acceptors (Lipinski definition) is 3. The van der Waals surface area contributed by atoms with E-state index in [1.807, 2.05) is 36.4 Å². The molecule has 3 rings (SSSR count). The van der Waals surface area contributed by atoms with Crippen LogP contribution in [0.1, 0.15) is 5.56 Å². The van der Waals surface area contributed by atoms with E-state index in [1.54, 1.807) is 6.07 Å². The summed E-state index contributed by atoms with van der Waals surface area (Å²) in [5.41, 5.74) is 1.63. The van der Waals surface area contributed by atoms with Gasteiger partial charge < -0.3 is 14.8 Å². The van der Waals surface area contributed by atoms with Crippen LogP contribution in [0.3, 0.4) is 0 Å². The number of para-hydroxylation sites is 1. The van der Waals surface area contributed by atoms with E-state index in [0.717, 1.165) is 10.0 Å². The van der Waals surface area contributed by atoms with E-state index in [4.69, 9.17) is 9.47 Å². The second kappa shape index (κ2) is 5.54. The van der Waals surface area contributed by atoms with Gasteiger partial charge in [-0.25, -0.2) is 0 Å². The van der Waals surface area contributed by atoms with Gasteiger partial charge in [-0.2, -0.15) is 0 Å². The van der Waals surface area contributed by atoms with Crippen LogP contribution < -0.4 is 14.8 Å². The molecule has 0 bridgehead atoms. The van der Waals surface area contributed by atoms with Crippen LogP contribution in [0.4, 0.5) is 5.69 Å². The molecule has 0 unspecified atom stereocenters. The molecule has 0 spiro atoms. The number of ether oxygens (including phenoxy) is 2. The zero-order valence-electron chi connectivity index (χ0n) is 10.6. The fraction of sp³-hybridized carbons (Fsp3) is 0.133. The third-order valence-electron chi connectivity index (χ3n) is 2.95. The third-order valence-corrected chi connectivity index (χ3v) is 3.73. The molecule has 0 radical (unpaired) electrons. The molecule has 1 aliphatic heterocycles. The topological polar surface area (TPSA) is 47.6 Å². The first-order valence-corrected chi connectivity index (χ1v) is 6.95. The number of benzene rings is 2. The minimum atomic E-state index is -0.172. The van der Waals surface area contributed by atoms with Gasteiger partial charge in [0.1, 0.15) is 23.8 Å². The molecular formula is C15H12BrNO3. The Morgan fingerprint density at radius 1 is 1.20 bits per heavy atom. The van der Waals surface area contributed by atoms with E-state index in [1.165, 1.54) is 0 Å². The van der Waals surface area contributed by atoms with Crippen LogP contribution in [0.5, 0.6) is 11.5 Å². The molecule has 0 aliphatic carbocycles. The van der Waals surface area contributed by atoms with E-state index in [2.05, 4.69) is 21.2 Å². The summed E-state index contributed by atoms with van der Waals surface area (Å²) in [6.07, 6.45) is 0. The standard InChI is InChI=1S/C15H12BrNO3/c16-11-5-2-1-4-10(11)8-19-12-6-3-7-13-15(12)17-14(18)9-20-13/h1-7H,8-9H2,(H,17,18). The first-order chi connectivity index (χ1) is 9.74. The predicted molar refractivity (Wildman–Crippen MR) is 79.0 cm³/mol. The molecular weight excluding hydrogens is 322 g/mol. The molecule has 1 aliphatic rings. The highest BCUT2D eigenvalue weighted by Crippen LogP contribution is 2.37. The summed E-state index contributed by atoms with van der Waals surface area (Å²) in [6, 6.07) is 13.3. The van der Waals surface area contributed by atoms with E-state index >= 15 is 0 Å². The van der Waals surface area contributed by atoms with Crippen LogP contribution in [0.15, 0.2) is 46.9 Å². The largest absolute Gasteiger partial charge is 0.487 e. The lowest BCUT2D eigenvalue weighted by molar-refractivity contribution is -0.118. The quantitative estimate of drug-likeness (QED) is 0.936. The number of amides is 1. The van der Waals surface area contributed by atoms with Crippen molar-refractivity contribution >= 4 is 27.5 Å². The minimum absolute atomic E-state index is 0.0423. The van der Waals surface area contributed by atoms with Gasteiger partial charge in [-0.3, -0.25) is 4.79 Å². The Balaban J connectivity index is 1.82. The molecule has 102 valence electrons. The van der Waals surface area contributed by atoms with E-state index in [9.17, 15) is 4.79 Å². The summed E-state index contributed by atoms with van der Waals surface area (Å²) in [7, 11) is 0. The van der Waals surface area contributed by atoms with E-state index in [0.29, 0.717) is 23.8 Å². The van der Waals surface area contributed by atoms with Crippen LogP contribution in [0.2, 0.25) is 0 Å². The summed E-state index contributed by atoms with van der Waals surface area (Å²) >= 11 is 3.48. The number of halogens is 1. The van der Waals surface area contributed by atoms with Crippen molar-refractivity contribution in [1.82, 2.24) is 0 Å². The Bertz CT molecular complexity index is 657. The van der Waals surface area contributed by atoms with Gasteiger partial charge in [-0.1, -0.05) is 40.2 Å². The zero-order chi connectivity index (χ0) is 13.9. The van der Waals surface area contributed by atoms with Crippen LogP contribution in [0.25, 0.3) is 0 Å².